The molecule has 0 fully saturated rings. The van der Waals surface area contributed by atoms with Crippen LogP contribution in [0.5, 0.6) is 0 Å². The van der Waals surface area contributed by atoms with Crippen LogP contribution < -0.4 is 10.6 Å². The number of carbonyl (C=O) groups excluding carboxylic acids is 1. The summed E-state index contributed by atoms with van der Waals surface area (Å²) >= 11 is 11.8. The minimum atomic E-state index is -0.265. The van der Waals surface area contributed by atoms with Crippen LogP contribution in [-0.4, -0.2) is 6.03 Å². The first kappa shape index (κ1) is 15.7. The van der Waals surface area contributed by atoms with Gasteiger partial charge in [-0.25, -0.2) is 4.79 Å². The second-order valence-corrected chi connectivity index (χ2v) is 5.49. The van der Waals surface area contributed by atoms with E-state index >= 15 is 0 Å². The van der Waals surface area contributed by atoms with Crippen LogP contribution in [0.4, 0.5) is 10.5 Å². The molecule has 0 radical (unpaired) electrons. The molecule has 2 rings (SSSR count). The molecule has 21 heavy (non-hydrogen) atoms. The van der Waals surface area contributed by atoms with Gasteiger partial charge in [-0.05, 0) is 42.3 Å². The van der Waals surface area contributed by atoms with Crippen molar-refractivity contribution in [2.45, 2.75) is 19.4 Å². The molecule has 0 spiro atoms. The number of anilines is 1. The highest BCUT2D eigenvalue weighted by molar-refractivity contribution is 6.31. The first-order valence-electron chi connectivity index (χ1n) is 6.67. The van der Waals surface area contributed by atoms with Gasteiger partial charge in [0.25, 0.3) is 0 Å². The highest BCUT2D eigenvalue weighted by atomic mass is 35.5. The largest absolute Gasteiger partial charge is 0.331 e. The fourth-order valence-electron chi connectivity index (χ4n) is 2.01. The average molecular weight is 323 g/mol. The highest BCUT2D eigenvalue weighted by Gasteiger charge is 2.12. The van der Waals surface area contributed by atoms with Gasteiger partial charge >= 0.3 is 6.03 Å². The van der Waals surface area contributed by atoms with Gasteiger partial charge in [-0.3, -0.25) is 0 Å². The van der Waals surface area contributed by atoms with Crippen molar-refractivity contribution < 1.29 is 4.79 Å². The molecule has 0 bridgehead atoms. The number of urea groups is 1. The van der Waals surface area contributed by atoms with E-state index in [1.165, 1.54) is 0 Å². The van der Waals surface area contributed by atoms with Gasteiger partial charge in [-0.15, -0.1) is 0 Å². The van der Waals surface area contributed by atoms with E-state index in [-0.39, 0.29) is 12.1 Å². The van der Waals surface area contributed by atoms with Crippen LogP contribution in [0, 0.1) is 0 Å². The third-order valence-electron chi connectivity index (χ3n) is 3.07. The molecule has 0 aliphatic heterocycles. The van der Waals surface area contributed by atoms with Gasteiger partial charge in [-0.1, -0.05) is 48.3 Å². The lowest BCUT2D eigenvalue weighted by Crippen LogP contribution is -2.32. The molecule has 0 aromatic heterocycles. The van der Waals surface area contributed by atoms with E-state index in [9.17, 15) is 4.79 Å². The van der Waals surface area contributed by atoms with E-state index in [2.05, 4.69) is 10.6 Å². The summed E-state index contributed by atoms with van der Waals surface area (Å²) in [7, 11) is 0. The van der Waals surface area contributed by atoms with E-state index in [0.29, 0.717) is 15.7 Å². The molecular formula is C16H16Cl2N2O. The summed E-state index contributed by atoms with van der Waals surface area (Å²) in [6.45, 7) is 2.01. The topological polar surface area (TPSA) is 41.1 Å². The Hall–Kier alpha value is -1.71. The van der Waals surface area contributed by atoms with Crippen molar-refractivity contribution in [3.8, 4) is 0 Å². The Labute approximate surface area is 134 Å². The van der Waals surface area contributed by atoms with Gasteiger partial charge < -0.3 is 10.6 Å². The zero-order valence-corrected chi connectivity index (χ0v) is 13.1. The summed E-state index contributed by atoms with van der Waals surface area (Å²) in [5.41, 5.74) is 1.68. The molecule has 0 aliphatic rings. The predicted molar refractivity (Wildman–Crippen MR) is 88.1 cm³/mol. The van der Waals surface area contributed by atoms with Crippen LogP contribution >= 0.6 is 23.2 Å². The van der Waals surface area contributed by atoms with Crippen molar-refractivity contribution in [3.05, 3.63) is 64.1 Å². The van der Waals surface area contributed by atoms with Crippen LogP contribution in [0.15, 0.2) is 48.5 Å². The van der Waals surface area contributed by atoms with Gasteiger partial charge in [0, 0.05) is 15.7 Å². The fraction of sp³-hybridized carbons (Fsp3) is 0.188. The molecular weight excluding hydrogens is 307 g/mol. The van der Waals surface area contributed by atoms with E-state index in [1.807, 2.05) is 31.2 Å². The predicted octanol–water partition coefficient (Wildman–Crippen LogP) is 5.27. The first-order chi connectivity index (χ1) is 10.1. The molecule has 5 heteroatoms. The third-order valence-corrected chi connectivity index (χ3v) is 3.56. The monoisotopic (exact) mass is 322 g/mol. The van der Waals surface area contributed by atoms with Gasteiger partial charge in [-0.2, -0.15) is 0 Å². The Morgan fingerprint density at radius 2 is 1.81 bits per heavy atom. The Kier molecular flexibility index (Phi) is 5.48. The number of carbonyl (C=O) groups is 1. The standard InChI is InChI=1S/C16H16Cl2N2O/c1-2-15(11-6-8-12(17)9-7-11)20-16(21)19-14-5-3-4-13(18)10-14/h3-10,15H,2H2,1H3,(H2,19,20,21)/t15-/m1/s1. The number of benzene rings is 2. The number of amides is 2. The Morgan fingerprint density at radius 3 is 2.43 bits per heavy atom. The molecule has 110 valence electrons. The average Bonchev–Trinajstić information content (AvgIpc) is 2.46. The molecule has 0 saturated heterocycles. The number of hydrogen-bond donors (Lipinski definition) is 2. The molecule has 0 unspecified atom stereocenters. The molecule has 0 aliphatic carbocycles. The van der Waals surface area contributed by atoms with Crippen molar-refractivity contribution in [3.63, 3.8) is 0 Å². The van der Waals surface area contributed by atoms with Gasteiger partial charge in [0.05, 0.1) is 6.04 Å². The molecule has 2 amide bonds. The lowest BCUT2D eigenvalue weighted by Gasteiger charge is -2.18. The Bertz CT molecular complexity index is 614. The van der Waals surface area contributed by atoms with Gasteiger partial charge in [0.1, 0.15) is 0 Å². The second kappa shape index (κ2) is 7.34. The molecule has 0 heterocycles. The maximum absolute atomic E-state index is 12.0. The van der Waals surface area contributed by atoms with Gasteiger partial charge in [0.15, 0.2) is 0 Å². The zero-order chi connectivity index (χ0) is 15.2. The number of hydrogen-bond acceptors (Lipinski definition) is 1. The van der Waals surface area contributed by atoms with Crippen molar-refractivity contribution in [1.29, 1.82) is 0 Å². The molecule has 2 N–H and O–H groups in total. The molecule has 2 aromatic rings. The van der Waals surface area contributed by atoms with Crippen molar-refractivity contribution in [2.24, 2.45) is 0 Å². The summed E-state index contributed by atoms with van der Waals surface area (Å²) in [6, 6.07) is 14.2. The van der Waals surface area contributed by atoms with Crippen LogP contribution in [0.1, 0.15) is 24.9 Å². The van der Waals surface area contributed by atoms with E-state index < -0.39 is 0 Å². The third kappa shape index (κ3) is 4.66. The van der Waals surface area contributed by atoms with Crippen LogP contribution in [0.3, 0.4) is 0 Å². The minimum Gasteiger partial charge on any atom is -0.331 e. The SMILES string of the molecule is CC[C@@H](NC(=O)Nc1cccc(Cl)c1)c1ccc(Cl)cc1. The maximum Gasteiger partial charge on any atom is 0.319 e. The quantitative estimate of drug-likeness (QED) is 0.791. The lowest BCUT2D eigenvalue weighted by atomic mass is 10.1. The zero-order valence-electron chi connectivity index (χ0n) is 11.6. The second-order valence-electron chi connectivity index (χ2n) is 4.62. The summed E-state index contributed by atoms with van der Waals surface area (Å²) in [4.78, 5) is 12.0. The molecule has 3 nitrogen and oxygen atoms in total. The minimum absolute atomic E-state index is 0.0681. The van der Waals surface area contributed by atoms with Crippen molar-refractivity contribution in [1.82, 2.24) is 5.32 Å². The molecule has 1 atom stereocenters. The van der Waals surface area contributed by atoms with E-state index in [1.54, 1.807) is 24.3 Å². The van der Waals surface area contributed by atoms with Crippen LogP contribution in [0.25, 0.3) is 0 Å². The normalized spacial score (nSPS) is 11.8. The van der Waals surface area contributed by atoms with Gasteiger partial charge in [0.2, 0.25) is 0 Å². The Morgan fingerprint density at radius 1 is 1.10 bits per heavy atom. The fourth-order valence-corrected chi connectivity index (χ4v) is 2.32. The van der Waals surface area contributed by atoms with E-state index in [0.717, 1.165) is 12.0 Å². The molecule has 2 aromatic carbocycles. The lowest BCUT2D eigenvalue weighted by molar-refractivity contribution is 0.248. The van der Waals surface area contributed by atoms with Crippen molar-refractivity contribution in [2.75, 3.05) is 5.32 Å². The van der Waals surface area contributed by atoms with Crippen LogP contribution in [-0.2, 0) is 0 Å². The number of rotatable bonds is 4. The van der Waals surface area contributed by atoms with Crippen molar-refractivity contribution >= 4 is 34.9 Å². The Balaban J connectivity index is 2.01. The summed E-state index contributed by atoms with van der Waals surface area (Å²) in [5.74, 6) is 0. The summed E-state index contributed by atoms with van der Waals surface area (Å²) < 4.78 is 0. The maximum atomic E-state index is 12.0. The first-order valence-corrected chi connectivity index (χ1v) is 7.42. The summed E-state index contributed by atoms with van der Waals surface area (Å²) in [5, 5.41) is 6.96. The summed E-state index contributed by atoms with van der Waals surface area (Å²) in [6.07, 6.45) is 0.782. The molecule has 0 saturated carbocycles. The van der Waals surface area contributed by atoms with E-state index in [4.69, 9.17) is 23.2 Å². The number of halogens is 2. The smallest absolute Gasteiger partial charge is 0.319 e. The highest BCUT2D eigenvalue weighted by Crippen LogP contribution is 2.20. The number of nitrogens with one attached hydrogen (secondary N) is 2. The van der Waals surface area contributed by atoms with Crippen LogP contribution in [0.2, 0.25) is 10.0 Å².